The standard InChI is InChI=1S/C14H21IO2/c1-11(2)7-8-17-14(10-15)12-5-4-6-13(9-12)16-3/h4-6,9,11,14H,7-8,10H2,1-3H3. The molecule has 0 fully saturated rings. The summed E-state index contributed by atoms with van der Waals surface area (Å²) in [5.74, 6) is 1.58. The van der Waals surface area contributed by atoms with Crippen LogP contribution >= 0.6 is 22.6 Å². The second kappa shape index (κ2) is 7.93. The summed E-state index contributed by atoms with van der Waals surface area (Å²) in [5.41, 5.74) is 1.20. The number of alkyl halides is 1. The summed E-state index contributed by atoms with van der Waals surface area (Å²) in [6.45, 7) is 5.25. The summed E-state index contributed by atoms with van der Waals surface area (Å²) in [7, 11) is 1.69. The molecule has 0 bridgehead atoms. The number of ether oxygens (including phenoxy) is 2. The Bertz CT molecular complexity index is 326. The normalized spacial score (nSPS) is 12.8. The second-order valence-corrected chi connectivity index (χ2v) is 5.35. The molecule has 3 heteroatoms. The van der Waals surface area contributed by atoms with Crippen molar-refractivity contribution in [2.45, 2.75) is 26.4 Å². The van der Waals surface area contributed by atoms with Crippen molar-refractivity contribution < 1.29 is 9.47 Å². The van der Waals surface area contributed by atoms with Crippen LogP contribution in [0, 0.1) is 5.92 Å². The van der Waals surface area contributed by atoms with E-state index >= 15 is 0 Å². The molecule has 0 aromatic heterocycles. The smallest absolute Gasteiger partial charge is 0.119 e. The van der Waals surface area contributed by atoms with Gasteiger partial charge in [0.2, 0.25) is 0 Å². The lowest BCUT2D eigenvalue weighted by Crippen LogP contribution is -2.08. The largest absolute Gasteiger partial charge is 0.497 e. The highest BCUT2D eigenvalue weighted by atomic mass is 127. The highest BCUT2D eigenvalue weighted by Gasteiger charge is 2.11. The van der Waals surface area contributed by atoms with Crippen LogP contribution in [-0.2, 0) is 4.74 Å². The fourth-order valence-corrected chi connectivity index (χ4v) is 2.28. The number of hydrogen-bond donors (Lipinski definition) is 0. The molecule has 0 amide bonds. The van der Waals surface area contributed by atoms with Crippen molar-refractivity contribution in [1.29, 1.82) is 0 Å². The summed E-state index contributed by atoms with van der Waals surface area (Å²) >= 11 is 2.37. The molecule has 0 aliphatic heterocycles. The van der Waals surface area contributed by atoms with E-state index in [9.17, 15) is 0 Å². The molecular formula is C14H21IO2. The van der Waals surface area contributed by atoms with Gasteiger partial charge in [-0.15, -0.1) is 0 Å². The van der Waals surface area contributed by atoms with Crippen molar-refractivity contribution in [3.05, 3.63) is 29.8 Å². The minimum Gasteiger partial charge on any atom is -0.497 e. The van der Waals surface area contributed by atoms with E-state index in [4.69, 9.17) is 9.47 Å². The molecule has 0 aliphatic rings. The number of methoxy groups -OCH3 is 1. The zero-order valence-corrected chi connectivity index (χ0v) is 12.9. The Morgan fingerprint density at radius 1 is 1.29 bits per heavy atom. The van der Waals surface area contributed by atoms with E-state index in [1.54, 1.807) is 7.11 Å². The average molecular weight is 348 g/mol. The Kier molecular flexibility index (Phi) is 6.89. The lowest BCUT2D eigenvalue weighted by molar-refractivity contribution is 0.0632. The molecule has 2 nitrogen and oxygen atoms in total. The predicted octanol–water partition coefficient (Wildman–Crippen LogP) is 4.23. The zero-order valence-electron chi connectivity index (χ0n) is 10.8. The first kappa shape index (κ1) is 14.8. The van der Waals surface area contributed by atoms with E-state index in [-0.39, 0.29) is 6.10 Å². The molecule has 1 unspecified atom stereocenters. The Hall–Kier alpha value is -0.290. The van der Waals surface area contributed by atoms with Gasteiger partial charge in [0.1, 0.15) is 5.75 Å². The molecular weight excluding hydrogens is 327 g/mol. The van der Waals surface area contributed by atoms with Gasteiger partial charge < -0.3 is 9.47 Å². The number of hydrogen-bond acceptors (Lipinski definition) is 2. The van der Waals surface area contributed by atoms with Crippen molar-refractivity contribution in [2.24, 2.45) is 5.92 Å². The summed E-state index contributed by atoms with van der Waals surface area (Å²) in [5, 5.41) is 0. The summed E-state index contributed by atoms with van der Waals surface area (Å²) in [4.78, 5) is 0. The maximum absolute atomic E-state index is 5.92. The lowest BCUT2D eigenvalue weighted by atomic mass is 10.1. The fourth-order valence-electron chi connectivity index (χ4n) is 1.52. The Morgan fingerprint density at radius 3 is 2.65 bits per heavy atom. The summed E-state index contributed by atoms with van der Waals surface area (Å²) in [6, 6.07) is 8.13. The van der Waals surface area contributed by atoms with E-state index in [1.165, 1.54) is 5.56 Å². The topological polar surface area (TPSA) is 18.5 Å². The van der Waals surface area contributed by atoms with Gasteiger partial charge in [-0.3, -0.25) is 0 Å². The van der Waals surface area contributed by atoms with Gasteiger partial charge >= 0.3 is 0 Å². The van der Waals surface area contributed by atoms with E-state index in [0.29, 0.717) is 5.92 Å². The molecule has 0 saturated carbocycles. The number of rotatable bonds is 7. The van der Waals surface area contributed by atoms with Gasteiger partial charge in [0.05, 0.1) is 13.2 Å². The predicted molar refractivity (Wildman–Crippen MR) is 80.0 cm³/mol. The van der Waals surface area contributed by atoms with Crippen molar-refractivity contribution in [3.63, 3.8) is 0 Å². The zero-order chi connectivity index (χ0) is 12.7. The van der Waals surface area contributed by atoms with Crippen LogP contribution in [0.15, 0.2) is 24.3 Å². The Morgan fingerprint density at radius 2 is 2.06 bits per heavy atom. The van der Waals surface area contributed by atoms with Crippen molar-refractivity contribution in [1.82, 2.24) is 0 Å². The molecule has 17 heavy (non-hydrogen) atoms. The quantitative estimate of drug-likeness (QED) is 0.542. The molecule has 0 radical (unpaired) electrons. The lowest BCUT2D eigenvalue weighted by Gasteiger charge is -2.17. The first-order valence-corrected chi connectivity index (χ1v) is 7.51. The molecule has 1 aromatic rings. The Labute approximate surface area is 118 Å². The van der Waals surface area contributed by atoms with Crippen LogP contribution in [0.4, 0.5) is 0 Å². The SMILES string of the molecule is COc1cccc(C(CI)OCCC(C)C)c1. The molecule has 1 atom stereocenters. The molecule has 1 rings (SSSR count). The highest BCUT2D eigenvalue weighted by Crippen LogP contribution is 2.24. The molecule has 0 spiro atoms. The van der Waals surface area contributed by atoms with Crippen LogP contribution < -0.4 is 4.74 Å². The average Bonchev–Trinajstić information content (AvgIpc) is 2.34. The number of halogens is 1. The monoisotopic (exact) mass is 348 g/mol. The molecule has 0 saturated heterocycles. The first-order chi connectivity index (χ1) is 8.17. The van der Waals surface area contributed by atoms with Crippen LogP contribution in [-0.4, -0.2) is 18.1 Å². The fraction of sp³-hybridized carbons (Fsp3) is 0.571. The van der Waals surface area contributed by atoms with Gasteiger partial charge in [0, 0.05) is 11.0 Å². The highest BCUT2D eigenvalue weighted by molar-refractivity contribution is 14.1. The van der Waals surface area contributed by atoms with Crippen molar-refractivity contribution >= 4 is 22.6 Å². The van der Waals surface area contributed by atoms with Crippen molar-refractivity contribution in [2.75, 3.05) is 18.1 Å². The van der Waals surface area contributed by atoms with Gasteiger partial charge in [-0.05, 0) is 30.0 Å². The van der Waals surface area contributed by atoms with Crippen molar-refractivity contribution in [3.8, 4) is 5.75 Å². The van der Waals surface area contributed by atoms with E-state index in [0.717, 1.165) is 23.2 Å². The third-order valence-electron chi connectivity index (χ3n) is 2.62. The Balaban J connectivity index is 2.59. The van der Waals surface area contributed by atoms with Gasteiger partial charge in [-0.2, -0.15) is 0 Å². The molecule has 0 heterocycles. The van der Waals surface area contributed by atoms with Gasteiger partial charge in [0.15, 0.2) is 0 Å². The second-order valence-electron chi connectivity index (χ2n) is 4.47. The van der Waals surface area contributed by atoms with Gasteiger partial charge in [-0.25, -0.2) is 0 Å². The third-order valence-corrected chi connectivity index (χ3v) is 3.42. The van der Waals surface area contributed by atoms with Crippen LogP contribution in [0.25, 0.3) is 0 Å². The third kappa shape index (κ3) is 5.25. The minimum absolute atomic E-state index is 0.171. The molecule has 0 N–H and O–H groups in total. The van der Waals surface area contributed by atoms with E-state index in [2.05, 4.69) is 48.6 Å². The van der Waals surface area contributed by atoms with Crippen LogP contribution in [0.3, 0.4) is 0 Å². The molecule has 96 valence electrons. The molecule has 0 aliphatic carbocycles. The first-order valence-electron chi connectivity index (χ1n) is 5.99. The minimum atomic E-state index is 0.171. The van der Waals surface area contributed by atoms with Gasteiger partial charge in [-0.1, -0.05) is 48.6 Å². The van der Waals surface area contributed by atoms with E-state index < -0.39 is 0 Å². The van der Waals surface area contributed by atoms with Gasteiger partial charge in [0.25, 0.3) is 0 Å². The van der Waals surface area contributed by atoms with Crippen LogP contribution in [0.2, 0.25) is 0 Å². The van der Waals surface area contributed by atoms with Crippen LogP contribution in [0.1, 0.15) is 31.9 Å². The summed E-state index contributed by atoms with van der Waals surface area (Å²) < 4.78 is 12.1. The van der Waals surface area contributed by atoms with E-state index in [1.807, 2.05) is 12.1 Å². The maximum atomic E-state index is 5.92. The van der Waals surface area contributed by atoms with Crippen LogP contribution in [0.5, 0.6) is 5.75 Å². The number of benzene rings is 1. The summed E-state index contributed by atoms with van der Waals surface area (Å²) in [6.07, 6.45) is 1.28. The maximum Gasteiger partial charge on any atom is 0.119 e. The molecule has 1 aromatic carbocycles.